The van der Waals surface area contributed by atoms with E-state index in [0.29, 0.717) is 0 Å². The van der Waals surface area contributed by atoms with Crippen LogP contribution in [0.25, 0.3) is 0 Å². The van der Waals surface area contributed by atoms with E-state index in [0.717, 1.165) is 32.1 Å². The molecule has 0 heterocycles. The number of nitrogens with one attached hydrogen (secondary N) is 1. The molecule has 14 heavy (non-hydrogen) atoms. The third-order valence-corrected chi connectivity index (χ3v) is 1.98. The smallest absolute Gasteiger partial charge is 0.0381 e. The highest BCUT2D eigenvalue weighted by molar-refractivity contribution is 5.84. The predicted octanol–water partition coefficient (Wildman–Crippen LogP) is 3.27. The minimum Gasteiger partial charge on any atom is -0.313 e. The largest absolute Gasteiger partial charge is 0.313 e. The summed E-state index contributed by atoms with van der Waals surface area (Å²) in [6, 6.07) is 0. The van der Waals surface area contributed by atoms with E-state index in [1.54, 1.807) is 0 Å². The summed E-state index contributed by atoms with van der Waals surface area (Å²) in [5.41, 5.74) is 4.12. The summed E-state index contributed by atoms with van der Waals surface area (Å²) >= 11 is 0. The lowest BCUT2D eigenvalue weighted by molar-refractivity contribution is 0.827. The van der Waals surface area contributed by atoms with Crippen molar-refractivity contribution < 1.29 is 0 Å². The highest BCUT2D eigenvalue weighted by Gasteiger charge is 1.97. The van der Waals surface area contributed by atoms with Crippen LogP contribution in [0.1, 0.15) is 39.0 Å². The zero-order chi connectivity index (χ0) is 10.6. The first-order valence-corrected chi connectivity index (χ1v) is 5.29. The van der Waals surface area contributed by atoms with Crippen molar-refractivity contribution in [1.82, 2.24) is 5.43 Å². The van der Waals surface area contributed by atoms with Crippen molar-refractivity contribution in [3.63, 3.8) is 0 Å². The first kappa shape index (κ1) is 12.9. The van der Waals surface area contributed by atoms with Gasteiger partial charge in [0.15, 0.2) is 0 Å². The molecule has 0 amide bonds. The summed E-state index contributed by atoms with van der Waals surface area (Å²) in [7, 11) is 1.85. The molecular formula is C12H22N2. The van der Waals surface area contributed by atoms with Crippen molar-refractivity contribution in [2.75, 3.05) is 7.05 Å². The number of allylic oxidation sites excluding steroid dienone is 3. The van der Waals surface area contributed by atoms with Crippen molar-refractivity contribution >= 4 is 5.71 Å². The van der Waals surface area contributed by atoms with Crippen LogP contribution < -0.4 is 5.43 Å². The van der Waals surface area contributed by atoms with Crippen LogP contribution in [0.15, 0.2) is 29.9 Å². The van der Waals surface area contributed by atoms with Crippen LogP contribution in [0.5, 0.6) is 0 Å². The van der Waals surface area contributed by atoms with Crippen LogP contribution in [0.2, 0.25) is 0 Å². The molecule has 0 saturated heterocycles. The molecule has 0 aromatic carbocycles. The number of nitrogens with zero attached hydrogens (tertiary/aromatic N) is 1. The predicted molar refractivity (Wildman–Crippen MR) is 64.6 cm³/mol. The van der Waals surface area contributed by atoms with Gasteiger partial charge in [-0.2, -0.15) is 5.10 Å². The van der Waals surface area contributed by atoms with Gasteiger partial charge in [0.2, 0.25) is 0 Å². The molecule has 0 aliphatic heterocycles. The van der Waals surface area contributed by atoms with E-state index in [2.05, 4.69) is 29.3 Å². The monoisotopic (exact) mass is 194 g/mol. The first-order valence-electron chi connectivity index (χ1n) is 5.29. The number of rotatable bonds is 8. The minimum atomic E-state index is 1.06. The highest BCUT2D eigenvalue weighted by Crippen LogP contribution is 2.04. The van der Waals surface area contributed by atoms with Crippen molar-refractivity contribution in [1.29, 1.82) is 0 Å². The molecule has 0 fully saturated rings. The molecule has 0 radical (unpaired) electrons. The van der Waals surface area contributed by atoms with Gasteiger partial charge in [0, 0.05) is 12.8 Å². The van der Waals surface area contributed by atoms with Crippen molar-refractivity contribution in [3.05, 3.63) is 24.8 Å². The van der Waals surface area contributed by atoms with E-state index in [1.807, 2.05) is 20.0 Å². The number of hydrazone groups is 1. The molecule has 80 valence electrons. The van der Waals surface area contributed by atoms with Crippen LogP contribution in [0.4, 0.5) is 0 Å². The zero-order valence-electron chi connectivity index (χ0n) is 9.42. The quantitative estimate of drug-likeness (QED) is 0.273. The summed E-state index contributed by atoms with van der Waals surface area (Å²) in [4.78, 5) is 0. The molecule has 0 aliphatic rings. The highest BCUT2D eigenvalue weighted by atomic mass is 15.3. The van der Waals surface area contributed by atoms with Crippen molar-refractivity contribution in [2.24, 2.45) is 5.10 Å². The Morgan fingerprint density at radius 2 is 2.14 bits per heavy atom. The van der Waals surface area contributed by atoms with Gasteiger partial charge in [-0.3, -0.25) is 0 Å². The Balaban J connectivity index is 3.77. The normalized spacial score (nSPS) is 12.0. The fraction of sp³-hybridized carbons (Fsp3) is 0.583. The van der Waals surface area contributed by atoms with Crippen LogP contribution in [0, 0.1) is 0 Å². The van der Waals surface area contributed by atoms with Gasteiger partial charge in [0.1, 0.15) is 0 Å². The lowest BCUT2D eigenvalue weighted by Gasteiger charge is -2.03. The number of hydrogen-bond acceptors (Lipinski definition) is 2. The van der Waals surface area contributed by atoms with Gasteiger partial charge < -0.3 is 5.43 Å². The molecule has 2 nitrogen and oxygen atoms in total. The lowest BCUT2D eigenvalue weighted by atomic mass is 10.1. The molecule has 2 heteroatoms. The third kappa shape index (κ3) is 7.59. The Bertz CT molecular complexity index is 192. The Morgan fingerprint density at radius 3 is 2.71 bits per heavy atom. The second-order valence-electron chi connectivity index (χ2n) is 3.19. The van der Waals surface area contributed by atoms with E-state index in [1.165, 1.54) is 5.71 Å². The molecule has 0 aromatic rings. The number of hydrogen-bond donors (Lipinski definition) is 1. The first-order chi connectivity index (χ1) is 6.85. The summed E-state index contributed by atoms with van der Waals surface area (Å²) in [5.74, 6) is 0. The minimum absolute atomic E-state index is 1.06. The molecule has 1 N–H and O–H groups in total. The molecule has 0 aliphatic carbocycles. The fourth-order valence-electron chi connectivity index (χ4n) is 1.26. The Kier molecular flexibility index (Phi) is 9.28. The summed E-state index contributed by atoms with van der Waals surface area (Å²) in [5, 5.41) is 4.27. The summed E-state index contributed by atoms with van der Waals surface area (Å²) in [6.07, 6.45) is 11.7. The van der Waals surface area contributed by atoms with Gasteiger partial charge in [-0.15, -0.1) is 6.58 Å². The molecular weight excluding hydrogens is 172 g/mol. The Labute approximate surface area is 87.8 Å². The second kappa shape index (κ2) is 10.0. The van der Waals surface area contributed by atoms with E-state index >= 15 is 0 Å². The Hall–Kier alpha value is -1.05. The van der Waals surface area contributed by atoms with Crippen molar-refractivity contribution in [2.45, 2.75) is 39.0 Å². The molecule has 0 bridgehead atoms. The SMILES string of the molecule is C=CCCCC(CC/C=C/C)=NNC. The van der Waals surface area contributed by atoms with Gasteiger partial charge in [0.05, 0.1) is 0 Å². The maximum atomic E-state index is 4.27. The topological polar surface area (TPSA) is 24.4 Å². The van der Waals surface area contributed by atoms with Crippen LogP contribution in [0.3, 0.4) is 0 Å². The molecule has 0 aromatic heterocycles. The fourth-order valence-corrected chi connectivity index (χ4v) is 1.26. The molecule has 0 atom stereocenters. The van der Waals surface area contributed by atoms with Gasteiger partial charge in [0.25, 0.3) is 0 Å². The molecule has 0 unspecified atom stereocenters. The van der Waals surface area contributed by atoms with E-state index < -0.39 is 0 Å². The van der Waals surface area contributed by atoms with Crippen LogP contribution >= 0.6 is 0 Å². The second-order valence-corrected chi connectivity index (χ2v) is 3.19. The standard InChI is InChI=1S/C12H22N2/c1-4-6-8-10-12(14-13-3)11-9-7-5-2/h4-5,7,13H,1,6,8-11H2,2-3H3/b7-5+,14-12?. The van der Waals surface area contributed by atoms with Crippen LogP contribution in [-0.4, -0.2) is 12.8 Å². The Morgan fingerprint density at radius 1 is 1.36 bits per heavy atom. The summed E-state index contributed by atoms with van der Waals surface area (Å²) < 4.78 is 0. The van der Waals surface area contributed by atoms with Gasteiger partial charge in [-0.1, -0.05) is 18.2 Å². The average Bonchev–Trinajstić information content (AvgIpc) is 2.18. The van der Waals surface area contributed by atoms with E-state index in [-0.39, 0.29) is 0 Å². The van der Waals surface area contributed by atoms with Crippen molar-refractivity contribution in [3.8, 4) is 0 Å². The maximum Gasteiger partial charge on any atom is 0.0381 e. The zero-order valence-corrected chi connectivity index (χ0v) is 9.42. The van der Waals surface area contributed by atoms with E-state index in [9.17, 15) is 0 Å². The number of unbranched alkanes of at least 4 members (excludes halogenated alkanes) is 1. The lowest BCUT2D eigenvalue weighted by Crippen LogP contribution is -2.05. The third-order valence-electron chi connectivity index (χ3n) is 1.98. The van der Waals surface area contributed by atoms with E-state index in [4.69, 9.17) is 0 Å². The molecule has 0 rings (SSSR count). The van der Waals surface area contributed by atoms with Gasteiger partial charge in [-0.05, 0) is 39.0 Å². The molecule has 0 saturated carbocycles. The van der Waals surface area contributed by atoms with Crippen LogP contribution in [-0.2, 0) is 0 Å². The summed E-state index contributed by atoms with van der Waals surface area (Å²) in [6.45, 7) is 5.76. The molecule has 0 spiro atoms. The van der Waals surface area contributed by atoms with Gasteiger partial charge in [-0.25, -0.2) is 0 Å². The maximum absolute atomic E-state index is 4.27. The van der Waals surface area contributed by atoms with Gasteiger partial charge >= 0.3 is 0 Å². The average molecular weight is 194 g/mol.